The first-order valence-electron chi connectivity index (χ1n) is 6.31. The molecule has 2 aliphatic heterocycles. The summed E-state index contributed by atoms with van der Waals surface area (Å²) in [6, 6.07) is 0. The Kier molecular flexibility index (Phi) is 3.79. The van der Waals surface area contributed by atoms with Crippen molar-refractivity contribution in [3.63, 3.8) is 0 Å². The second-order valence-electron chi connectivity index (χ2n) is 5.11. The Labute approximate surface area is 101 Å². The molecule has 2 unspecified atom stereocenters. The summed E-state index contributed by atoms with van der Waals surface area (Å²) < 4.78 is 0. The Hall–Kier alpha value is -0.940. The molecule has 5 nitrogen and oxygen atoms in total. The van der Waals surface area contributed by atoms with Crippen LogP contribution in [0.4, 0.5) is 0 Å². The first kappa shape index (κ1) is 12.5. The van der Waals surface area contributed by atoms with Crippen molar-refractivity contribution in [1.29, 1.82) is 0 Å². The number of aliphatic hydroxyl groups excluding tert-OH is 1. The Morgan fingerprint density at radius 2 is 2.24 bits per heavy atom. The summed E-state index contributed by atoms with van der Waals surface area (Å²) in [5.41, 5.74) is 0. The third-order valence-electron chi connectivity index (χ3n) is 3.68. The van der Waals surface area contributed by atoms with Gasteiger partial charge in [0.15, 0.2) is 0 Å². The number of nitrogens with zero attached hydrogens (tertiary/aromatic N) is 2. The third kappa shape index (κ3) is 2.84. The van der Waals surface area contributed by atoms with E-state index < -0.39 is 0 Å². The van der Waals surface area contributed by atoms with Crippen molar-refractivity contribution in [3.05, 3.63) is 0 Å². The number of rotatable bonds is 2. The van der Waals surface area contributed by atoms with Gasteiger partial charge < -0.3 is 5.11 Å². The van der Waals surface area contributed by atoms with Crippen LogP contribution in [0.3, 0.4) is 0 Å². The highest BCUT2D eigenvalue weighted by molar-refractivity contribution is 5.97. The van der Waals surface area contributed by atoms with Gasteiger partial charge in [-0.2, -0.15) is 0 Å². The van der Waals surface area contributed by atoms with Gasteiger partial charge in [0.2, 0.25) is 11.8 Å². The summed E-state index contributed by atoms with van der Waals surface area (Å²) >= 11 is 0. The van der Waals surface area contributed by atoms with Gasteiger partial charge in [-0.3, -0.25) is 19.4 Å². The first-order chi connectivity index (χ1) is 8.08. The summed E-state index contributed by atoms with van der Waals surface area (Å²) in [5, 5.41) is 9.61. The quantitative estimate of drug-likeness (QED) is 0.728. The molecule has 0 aromatic rings. The molecule has 2 heterocycles. The van der Waals surface area contributed by atoms with E-state index in [0.717, 1.165) is 19.5 Å². The standard InChI is InChI=1S/C12H20N2O3/c1-9-7-13(6-4-10(9)15)8-12(17)14-5-2-3-11(14)16/h9-10,15H,2-8H2,1H3. The average molecular weight is 240 g/mol. The van der Waals surface area contributed by atoms with E-state index in [0.29, 0.717) is 25.9 Å². The summed E-state index contributed by atoms with van der Waals surface area (Å²) in [4.78, 5) is 26.7. The molecule has 0 radical (unpaired) electrons. The van der Waals surface area contributed by atoms with Crippen LogP contribution in [0.2, 0.25) is 0 Å². The first-order valence-corrected chi connectivity index (χ1v) is 6.31. The Morgan fingerprint density at radius 3 is 2.82 bits per heavy atom. The summed E-state index contributed by atoms with van der Waals surface area (Å²) in [6.07, 6.45) is 1.75. The number of aliphatic hydroxyl groups is 1. The molecule has 0 saturated carbocycles. The lowest BCUT2D eigenvalue weighted by Gasteiger charge is -2.34. The lowest BCUT2D eigenvalue weighted by Crippen LogP contribution is -2.47. The van der Waals surface area contributed by atoms with Crippen molar-refractivity contribution in [3.8, 4) is 0 Å². The van der Waals surface area contributed by atoms with E-state index in [4.69, 9.17) is 0 Å². The molecule has 0 aromatic heterocycles. The molecule has 2 atom stereocenters. The van der Waals surface area contributed by atoms with Gasteiger partial charge in [-0.05, 0) is 18.8 Å². The monoisotopic (exact) mass is 240 g/mol. The topological polar surface area (TPSA) is 60.9 Å². The van der Waals surface area contributed by atoms with Crippen molar-refractivity contribution < 1.29 is 14.7 Å². The minimum absolute atomic E-state index is 0.0416. The van der Waals surface area contributed by atoms with Crippen LogP contribution in [0.25, 0.3) is 0 Å². The van der Waals surface area contributed by atoms with Gasteiger partial charge in [-0.15, -0.1) is 0 Å². The van der Waals surface area contributed by atoms with E-state index in [2.05, 4.69) is 0 Å². The Balaban J connectivity index is 1.84. The number of carbonyl (C=O) groups is 2. The van der Waals surface area contributed by atoms with Gasteiger partial charge in [0, 0.05) is 26.1 Å². The number of hydrogen-bond donors (Lipinski definition) is 1. The van der Waals surface area contributed by atoms with Crippen molar-refractivity contribution in [2.75, 3.05) is 26.2 Å². The van der Waals surface area contributed by atoms with Crippen LogP contribution in [0, 0.1) is 5.92 Å². The van der Waals surface area contributed by atoms with E-state index in [1.54, 1.807) is 0 Å². The zero-order valence-corrected chi connectivity index (χ0v) is 10.3. The molecule has 2 rings (SSSR count). The van der Waals surface area contributed by atoms with E-state index in [9.17, 15) is 14.7 Å². The molecule has 2 aliphatic rings. The number of piperidine rings is 1. The maximum atomic E-state index is 11.9. The van der Waals surface area contributed by atoms with E-state index in [1.165, 1.54) is 4.90 Å². The molecular formula is C12H20N2O3. The molecule has 0 bridgehead atoms. The molecule has 2 fully saturated rings. The van der Waals surface area contributed by atoms with Crippen LogP contribution in [0.1, 0.15) is 26.2 Å². The van der Waals surface area contributed by atoms with Gasteiger partial charge in [-0.1, -0.05) is 6.92 Å². The third-order valence-corrected chi connectivity index (χ3v) is 3.68. The van der Waals surface area contributed by atoms with Crippen LogP contribution in [0.5, 0.6) is 0 Å². The van der Waals surface area contributed by atoms with Crippen LogP contribution >= 0.6 is 0 Å². The molecule has 0 spiro atoms. The van der Waals surface area contributed by atoms with Crippen LogP contribution < -0.4 is 0 Å². The fourth-order valence-corrected chi connectivity index (χ4v) is 2.55. The Morgan fingerprint density at radius 1 is 1.47 bits per heavy atom. The molecule has 17 heavy (non-hydrogen) atoms. The highest BCUT2D eigenvalue weighted by atomic mass is 16.3. The van der Waals surface area contributed by atoms with Gasteiger partial charge in [-0.25, -0.2) is 0 Å². The van der Waals surface area contributed by atoms with Crippen LogP contribution in [-0.4, -0.2) is 59.0 Å². The number of imide groups is 1. The number of carbonyl (C=O) groups excluding carboxylic acids is 2. The number of hydrogen-bond acceptors (Lipinski definition) is 4. The van der Waals surface area contributed by atoms with Crippen molar-refractivity contribution >= 4 is 11.8 Å². The maximum absolute atomic E-state index is 11.9. The van der Waals surface area contributed by atoms with E-state index in [1.807, 2.05) is 11.8 Å². The van der Waals surface area contributed by atoms with Crippen molar-refractivity contribution in [1.82, 2.24) is 9.80 Å². The van der Waals surface area contributed by atoms with E-state index >= 15 is 0 Å². The van der Waals surface area contributed by atoms with Gasteiger partial charge >= 0.3 is 0 Å². The summed E-state index contributed by atoms with van der Waals surface area (Å²) in [5.74, 6) is 0.0713. The zero-order chi connectivity index (χ0) is 12.4. The second kappa shape index (κ2) is 5.14. The number of amides is 2. The molecular weight excluding hydrogens is 220 g/mol. The number of likely N-dealkylation sites (tertiary alicyclic amines) is 2. The van der Waals surface area contributed by atoms with Crippen LogP contribution in [-0.2, 0) is 9.59 Å². The lowest BCUT2D eigenvalue weighted by molar-refractivity contribution is -0.143. The largest absolute Gasteiger partial charge is 0.393 e. The predicted molar refractivity (Wildman–Crippen MR) is 62.2 cm³/mol. The SMILES string of the molecule is CC1CN(CC(=O)N2CCCC2=O)CCC1O. The molecule has 96 valence electrons. The summed E-state index contributed by atoms with van der Waals surface area (Å²) in [7, 11) is 0. The van der Waals surface area contributed by atoms with Gasteiger partial charge in [0.25, 0.3) is 0 Å². The zero-order valence-electron chi connectivity index (χ0n) is 10.3. The maximum Gasteiger partial charge on any atom is 0.243 e. The fraction of sp³-hybridized carbons (Fsp3) is 0.833. The Bertz CT molecular complexity index is 319. The molecule has 1 N–H and O–H groups in total. The molecule has 0 aliphatic carbocycles. The highest BCUT2D eigenvalue weighted by Crippen LogP contribution is 2.17. The predicted octanol–water partition coefficient (Wildman–Crippen LogP) is -0.162. The average Bonchev–Trinajstić information content (AvgIpc) is 2.70. The highest BCUT2D eigenvalue weighted by Gasteiger charge is 2.30. The lowest BCUT2D eigenvalue weighted by atomic mass is 9.97. The molecule has 5 heteroatoms. The summed E-state index contributed by atoms with van der Waals surface area (Å²) in [6.45, 7) is 4.34. The smallest absolute Gasteiger partial charge is 0.243 e. The molecule has 2 saturated heterocycles. The minimum Gasteiger partial charge on any atom is -0.393 e. The van der Waals surface area contributed by atoms with Crippen molar-refractivity contribution in [2.45, 2.75) is 32.3 Å². The fourth-order valence-electron chi connectivity index (χ4n) is 2.55. The normalized spacial score (nSPS) is 30.9. The minimum atomic E-state index is -0.255. The van der Waals surface area contributed by atoms with E-state index in [-0.39, 0.29) is 23.8 Å². The van der Waals surface area contributed by atoms with Crippen LogP contribution in [0.15, 0.2) is 0 Å². The van der Waals surface area contributed by atoms with Crippen molar-refractivity contribution in [2.24, 2.45) is 5.92 Å². The molecule has 0 aromatic carbocycles. The van der Waals surface area contributed by atoms with Gasteiger partial charge in [0.05, 0.1) is 12.6 Å². The van der Waals surface area contributed by atoms with Gasteiger partial charge in [0.1, 0.15) is 0 Å². The molecule has 2 amide bonds. The second-order valence-corrected chi connectivity index (χ2v) is 5.11.